The molecule has 1 unspecified atom stereocenters. The van der Waals surface area contributed by atoms with Crippen LogP contribution in [-0.2, 0) is 0 Å². The van der Waals surface area contributed by atoms with Gasteiger partial charge in [0.05, 0.1) is 0 Å². The molecule has 0 saturated heterocycles. The molecule has 0 bridgehead atoms. The lowest BCUT2D eigenvalue weighted by Gasteiger charge is -2.13. The van der Waals surface area contributed by atoms with E-state index in [0.29, 0.717) is 0 Å². The highest BCUT2D eigenvalue weighted by molar-refractivity contribution is 5.94. The van der Waals surface area contributed by atoms with Gasteiger partial charge in [0.25, 0.3) is 5.91 Å². The van der Waals surface area contributed by atoms with Gasteiger partial charge in [-0.2, -0.15) is 0 Å². The van der Waals surface area contributed by atoms with Gasteiger partial charge in [-0.3, -0.25) is 4.79 Å². The number of nitrogens with one attached hydrogen (secondary N) is 2. The van der Waals surface area contributed by atoms with Crippen LogP contribution in [0.1, 0.15) is 56.8 Å². The molecule has 1 rings (SSSR count). The smallest absolute Gasteiger partial charge is 0.251 e. The summed E-state index contributed by atoms with van der Waals surface area (Å²) in [6, 6.07) is 7.91. The Balaban J connectivity index is 2.48. The highest BCUT2D eigenvalue weighted by Gasteiger charge is 2.09. The second kappa shape index (κ2) is 8.57. The van der Waals surface area contributed by atoms with Crippen molar-refractivity contribution in [1.29, 1.82) is 0 Å². The molecule has 0 aliphatic carbocycles. The molecule has 1 aromatic carbocycles. The van der Waals surface area contributed by atoms with Crippen molar-refractivity contribution in [3.63, 3.8) is 0 Å². The molecule has 19 heavy (non-hydrogen) atoms. The second-order valence-corrected chi connectivity index (χ2v) is 5.02. The highest BCUT2D eigenvalue weighted by atomic mass is 16.1. The molecule has 0 spiro atoms. The predicted molar refractivity (Wildman–Crippen MR) is 81.7 cm³/mol. The molecule has 0 saturated carbocycles. The van der Waals surface area contributed by atoms with Crippen molar-refractivity contribution in [2.24, 2.45) is 0 Å². The SMILES string of the molecule is CCCCC(C)NC(=O)c1ccc(NCCC)cc1. The van der Waals surface area contributed by atoms with Crippen molar-refractivity contribution in [2.45, 2.75) is 52.5 Å². The molecular formula is C16H26N2O. The molecule has 1 amide bonds. The molecular weight excluding hydrogens is 236 g/mol. The Hall–Kier alpha value is -1.51. The number of rotatable bonds is 8. The lowest BCUT2D eigenvalue weighted by molar-refractivity contribution is 0.0938. The van der Waals surface area contributed by atoms with Crippen molar-refractivity contribution in [1.82, 2.24) is 5.32 Å². The van der Waals surface area contributed by atoms with Gasteiger partial charge in [-0.25, -0.2) is 0 Å². The van der Waals surface area contributed by atoms with E-state index in [1.807, 2.05) is 24.3 Å². The number of carbonyl (C=O) groups is 1. The number of anilines is 1. The van der Waals surface area contributed by atoms with E-state index in [-0.39, 0.29) is 11.9 Å². The zero-order valence-electron chi connectivity index (χ0n) is 12.3. The second-order valence-electron chi connectivity index (χ2n) is 5.02. The predicted octanol–water partition coefficient (Wildman–Crippen LogP) is 3.82. The maximum absolute atomic E-state index is 12.0. The van der Waals surface area contributed by atoms with Gasteiger partial charge in [0, 0.05) is 23.8 Å². The first-order valence-electron chi connectivity index (χ1n) is 7.32. The Kier molecular flexibility index (Phi) is 7.01. The monoisotopic (exact) mass is 262 g/mol. The molecule has 1 atom stereocenters. The molecule has 3 heteroatoms. The number of carbonyl (C=O) groups excluding carboxylic acids is 1. The van der Waals surface area contributed by atoms with Crippen LogP contribution in [0, 0.1) is 0 Å². The van der Waals surface area contributed by atoms with Gasteiger partial charge in [0.15, 0.2) is 0 Å². The normalized spacial score (nSPS) is 11.9. The maximum atomic E-state index is 12.0. The summed E-state index contributed by atoms with van der Waals surface area (Å²) in [7, 11) is 0. The van der Waals surface area contributed by atoms with Crippen LogP contribution >= 0.6 is 0 Å². The number of unbranched alkanes of at least 4 members (excludes halogenated alkanes) is 1. The maximum Gasteiger partial charge on any atom is 0.251 e. The number of hydrogen-bond acceptors (Lipinski definition) is 2. The number of hydrogen-bond donors (Lipinski definition) is 2. The van der Waals surface area contributed by atoms with E-state index in [2.05, 4.69) is 31.4 Å². The summed E-state index contributed by atoms with van der Waals surface area (Å²) >= 11 is 0. The fraction of sp³-hybridized carbons (Fsp3) is 0.562. The first-order chi connectivity index (χ1) is 9.17. The van der Waals surface area contributed by atoms with E-state index in [1.165, 1.54) is 0 Å². The Morgan fingerprint density at radius 1 is 1.16 bits per heavy atom. The van der Waals surface area contributed by atoms with Crippen LogP contribution in [0.2, 0.25) is 0 Å². The van der Waals surface area contributed by atoms with Crippen LogP contribution < -0.4 is 10.6 Å². The standard InChI is InChI=1S/C16H26N2O/c1-4-6-7-13(3)18-16(19)14-8-10-15(11-9-14)17-12-5-2/h8-11,13,17H,4-7,12H2,1-3H3,(H,18,19). The van der Waals surface area contributed by atoms with Gasteiger partial charge in [-0.1, -0.05) is 26.7 Å². The van der Waals surface area contributed by atoms with Gasteiger partial charge >= 0.3 is 0 Å². The average Bonchev–Trinajstić information content (AvgIpc) is 2.43. The van der Waals surface area contributed by atoms with E-state index >= 15 is 0 Å². The summed E-state index contributed by atoms with van der Waals surface area (Å²) < 4.78 is 0. The van der Waals surface area contributed by atoms with Crippen molar-refractivity contribution in [2.75, 3.05) is 11.9 Å². The Labute approximate surface area is 116 Å². The zero-order chi connectivity index (χ0) is 14.1. The van der Waals surface area contributed by atoms with E-state index in [0.717, 1.165) is 43.5 Å². The molecule has 3 nitrogen and oxygen atoms in total. The molecule has 1 aromatic rings. The third-order valence-corrected chi connectivity index (χ3v) is 3.09. The van der Waals surface area contributed by atoms with Gasteiger partial charge in [0.2, 0.25) is 0 Å². The van der Waals surface area contributed by atoms with E-state index in [9.17, 15) is 4.79 Å². The quantitative estimate of drug-likeness (QED) is 0.748. The van der Waals surface area contributed by atoms with E-state index in [4.69, 9.17) is 0 Å². The molecule has 0 heterocycles. The van der Waals surface area contributed by atoms with Gasteiger partial charge in [-0.15, -0.1) is 0 Å². The van der Waals surface area contributed by atoms with Crippen LogP contribution in [0.15, 0.2) is 24.3 Å². The van der Waals surface area contributed by atoms with Gasteiger partial charge in [0.1, 0.15) is 0 Å². The zero-order valence-corrected chi connectivity index (χ0v) is 12.3. The molecule has 0 radical (unpaired) electrons. The van der Waals surface area contributed by atoms with Crippen LogP contribution in [0.5, 0.6) is 0 Å². The van der Waals surface area contributed by atoms with Crippen LogP contribution in [0.25, 0.3) is 0 Å². The average molecular weight is 262 g/mol. The molecule has 106 valence electrons. The first kappa shape index (κ1) is 15.5. The molecule has 0 aliphatic rings. The van der Waals surface area contributed by atoms with E-state index in [1.54, 1.807) is 0 Å². The van der Waals surface area contributed by atoms with Crippen LogP contribution in [0.3, 0.4) is 0 Å². The van der Waals surface area contributed by atoms with E-state index < -0.39 is 0 Å². The summed E-state index contributed by atoms with van der Waals surface area (Å²) in [4.78, 5) is 12.0. The van der Waals surface area contributed by atoms with Crippen molar-refractivity contribution >= 4 is 11.6 Å². The third-order valence-electron chi connectivity index (χ3n) is 3.09. The minimum Gasteiger partial charge on any atom is -0.385 e. The highest BCUT2D eigenvalue weighted by Crippen LogP contribution is 2.10. The molecule has 0 aliphatic heterocycles. The fourth-order valence-corrected chi connectivity index (χ4v) is 1.90. The summed E-state index contributed by atoms with van der Waals surface area (Å²) in [6.07, 6.45) is 4.45. The lowest BCUT2D eigenvalue weighted by Crippen LogP contribution is -2.32. The first-order valence-corrected chi connectivity index (χ1v) is 7.32. The van der Waals surface area contributed by atoms with Gasteiger partial charge in [-0.05, 0) is 44.0 Å². The largest absolute Gasteiger partial charge is 0.385 e. The van der Waals surface area contributed by atoms with Crippen LogP contribution in [-0.4, -0.2) is 18.5 Å². The third kappa shape index (κ3) is 5.77. The van der Waals surface area contributed by atoms with Gasteiger partial charge < -0.3 is 10.6 Å². The Morgan fingerprint density at radius 2 is 1.84 bits per heavy atom. The summed E-state index contributed by atoms with van der Waals surface area (Å²) in [5.41, 5.74) is 1.79. The minimum absolute atomic E-state index is 0.0191. The lowest BCUT2D eigenvalue weighted by atomic mass is 10.1. The Morgan fingerprint density at radius 3 is 2.42 bits per heavy atom. The van der Waals surface area contributed by atoms with Crippen molar-refractivity contribution < 1.29 is 4.79 Å². The number of benzene rings is 1. The summed E-state index contributed by atoms with van der Waals surface area (Å²) in [5.74, 6) is 0.0191. The number of amides is 1. The molecule has 2 N–H and O–H groups in total. The Bertz CT molecular complexity index is 373. The topological polar surface area (TPSA) is 41.1 Å². The summed E-state index contributed by atoms with van der Waals surface area (Å²) in [5, 5.41) is 6.33. The van der Waals surface area contributed by atoms with Crippen molar-refractivity contribution in [3.8, 4) is 0 Å². The summed E-state index contributed by atoms with van der Waals surface area (Å²) in [6.45, 7) is 7.31. The molecule has 0 fully saturated rings. The molecule has 0 aromatic heterocycles. The van der Waals surface area contributed by atoms with Crippen molar-refractivity contribution in [3.05, 3.63) is 29.8 Å². The fourth-order valence-electron chi connectivity index (χ4n) is 1.90. The minimum atomic E-state index is 0.0191. The van der Waals surface area contributed by atoms with Crippen LogP contribution in [0.4, 0.5) is 5.69 Å².